The summed E-state index contributed by atoms with van der Waals surface area (Å²) >= 11 is 0. The lowest BCUT2D eigenvalue weighted by Crippen LogP contribution is -2.65. The number of fused-ring (bicyclic) bond motifs is 3. The van der Waals surface area contributed by atoms with E-state index in [0.717, 1.165) is 0 Å². The molecule has 0 spiro atoms. The Morgan fingerprint density at radius 3 is 1.26 bits per heavy atom. The Hall–Kier alpha value is 0.740. The van der Waals surface area contributed by atoms with Crippen LogP contribution < -0.4 is 0 Å². The van der Waals surface area contributed by atoms with Crippen molar-refractivity contribution >= 4 is 46.9 Å². The molecule has 2 aliphatic heterocycles. The van der Waals surface area contributed by atoms with E-state index in [0.29, 0.717) is 7.11 Å². The van der Waals surface area contributed by atoms with Gasteiger partial charge in [0.15, 0.2) is 0 Å². The SMILES string of the molecule is COP(=O)(O)OC1C(OP(=O)(O)O)C2OP(=O)(O)OP(=O)(O)OC2C2OP(=O)(O)OP(=O)(O)OC12. The van der Waals surface area contributed by atoms with Gasteiger partial charge in [-0.25, -0.2) is 27.4 Å². The fraction of sp³-hybridized carbons (Fsp3) is 1.00. The molecule has 11 atom stereocenters. The molecule has 3 aliphatic rings. The summed E-state index contributed by atoms with van der Waals surface area (Å²) in [6.07, 6.45) is -15.5. The van der Waals surface area contributed by atoms with Crippen molar-refractivity contribution in [2.24, 2.45) is 0 Å². The van der Waals surface area contributed by atoms with Crippen LogP contribution in [0.1, 0.15) is 0 Å². The van der Waals surface area contributed by atoms with E-state index in [1.807, 2.05) is 0 Å². The van der Waals surface area contributed by atoms with Gasteiger partial charge in [0.2, 0.25) is 0 Å². The minimum Gasteiger partial charge on any atom is -0.303 e. The lowest BCUT2D eigenvalue weighted by atomic mass is 9.85. The highest BCUT2D eigenvalue weighted by Crippen LogP contribution is 2.70. The Kier molecular flexibility index (Phi) is 8.42. The van der Waals surface area contributed by atoms with Gasteiger partial charge in [-0.2, -0.15) is 8.62 Å². The number of phosphoric acid groups is 6. The summed E-state index contributed by atoms with van der Waals surface area (Å²) in [4.78, 5) is 67.3. The summed E-state index contributed by atoms with van der Waals surface area (Å²) in [5.74, 6) is 0. The largest absolute Gasteiger partial charge is 0.481 e. The Labute approximate surface area is 193 Å². The van der Waals surface area contributed by atoms with Crippen molar-refractivity contribution in [2.75, 3.05) is 7.11 Å². The van der Waals surface area contributed by atoms with Crippen molar-refractivity contribution in [3.05, 3.63) is 0 Å². The topological polar surface area (TPSA) is 327 Å². The average molecular weight is 638 g/mol. The van der Waals surface area contributed by atoms with E-state index in [9.17, 15) is 61.6 Å². The summed E-state index contributed by atoms with van der Waals surface area (Å²) < 4.78 is 112. The Balaban J connectivity index is 2.26. The fourth-order valence-electron chi connectivity index (χ4n) is 3.15. The molecule has 1 saturated carbocycles. The van der Waals surface area contributed by atoms with E-state index < -0.39 is 83.6 Å². The lowest BCUT2D eigenvalue weighted by Gasteiger charge is -2.46. The average Bonchev–Trinajstić information content (AvgIpc) is 2.76. The maximum atomic E-state index is 12.2. The minimum atomic E-state index is -5.75. The van der Waals surface area contributed by atoms with Crippen molar-refractivity contribution in [3.8, 4) is 0 Å². The lowest BCUT2D eigenvalue weighted by molar-refractivity contribution is -0.191. The monoisotopic (exact) mass is 638 g/mol. The first-order chi connectivity index (χ1) is 15.5. The molecule has 0 amide bonds. The van der Waals surface area contributed by atoms with Crippen LogP contribution in [0.2, 0.25) is 0 Å². The molecule has 2 heterocycles. The number of rotatable bonds is 5. The third-order valence-electron chi connectivity index (χ3n) is 4.12. The molecule has 28 heteroatoms. The molecule has 7 N–H and O–H groups in total. The first kappa shape index (κ1) is 30.3. The maximum absolute atomic E-state index is 12.2. The summed E-state index contributed by atoms with van der Waals surface area (Å²) in [5, 5.41) is 0. The predicted octanol–water partition coefficient (Wildman–Crippen LogP) is -0.387. The van der Waals surface area contributed by atoms with Crippen molar-refractivity contribution in [1.29, 1.82) is 0 Å². The Morgan fingerprint density at radius 1 is 0.629 bits per heavy atom. The highest BCUT2D eigenvalue weighted by molar-refractivity contribution is 7.61. The molecule has 0 aromatic rings. The van der Waals surface area contributed by atoms with E-state index in [1.54, 1.807) is 0 Å². The van der Waals surface area contributed by atoms with Crippen molar-refractivity contribution < 1.29 is 102 Å². The van der Waals surface area contributed by atoms with Crippen LogP contribution in [0.25, 0.3) is 0 Å². The number of phosphoric ester groups is 6. The highest BCUT2D eigenvalue weighted by Gasteiger charge is 2.66. The summed E-state index contributed by atoms with van der Waals surface area (Å²) in [6, 6.07) is 0. The molecule has 22 nitrogen and oxygen atoms in total. The summed E-state index contributed by atoms with van der Waals surface area (Å²) in [7, 11) is -33.2. The van der Waals surface area contributed by atoms with E-state index in [1.165, 1.54) is 0 Å². The van der Waals surface area contributed by atoms with Gasteiger partial charge in [-0.15, -0.1) is 0 Å². The van der Waals surface area contributed by atoms with Crippen LogP contribution in [0.3, 0.4) is 0 Å². The predicted molar refractivity (Wildman–Crippen MR) is 99.6 cm³/mol. The van der Waals surface area contributed by atoms with E-state index in [4.69, 9.17) is 0 Å². The maximum Gasteiger partial charge on any atom is 0.481 e. The normalized spacial score (nSPS) is 50.7. The molecule has 0 radical (unpaired) electrons. The van der Waals surface area contributed by atoms with E-state index in [-0.39, 0.29) is 0 Å². The molecule has 0 bridgehead atoms. The molecule has 11 unspecified atom stereocenters. The summed E-state index contributed by atoms with van der Waals surface area (Å²) in [5.41, 5.74) is 0. The van der Waals surface area contributed by atoms with Gasteiger partial charge in [0.1, 0.15) is 36.6 Å². The molecule has 2 saturated heterocycles. The number of hydrogen-bond donors (Lipinski definition) is 7. The van der Waals surface area contributed by atoms with Gasteiger partial charge in [-0.05, 0) is 0 Å². The highest BCUT2D eigenvalue weighted by atomic mass is 31.3. The Bertz CT molecular complexity index is 1130. The molecule has 0 aromatic carbocycles. The van der Waals surface area contributed by atoms with Gasteiger partial charge in [-0.1, -0.05) is 0 Å². The van der Waals surface area contributed by atoms with Gasteiger partial charge in [0.25, 0.3) is 0 Å². The second kappa shape index (κ2) is 9.73. The smallest absolute Gasteiger partial charge is 0.303 e. The zero-order chi connectivity index (χ0) is 26.8. The van der Waals surface area contributed by atoms with Gasteiger partial charge >= 0.3 is 46.9 Å². The molecular formula is C7H16O22P6. The van der Waals surface area contributed by atoms with Crippen LogP contribution in [0.15, 0.2) is 0 Å². The van der Waals surface area contributed by atoms with Crippen LogP contribution in [-0.4, -0.2) is 78.0 Å². The fourth-order valence-corrected chi connectivity index (χ4v) is 9.23. The molecule has 35 heavy (non-hydrogen) atoms. The third-order valence-corrected chi connectivity index (χ3v) is 11.0. The van der Waals surface area contributed by atoms with Crippen LogP contribution in [-0.2, 0) is 67.7 Å². The third kappa shape index (κ3) is 7.66. The second-order valence-electron chi connectivity index (χ2n) is 6.60. The molecule has 0 aromatic heterocycles. The van der Waals surface area contributed by atoms with E-state index in [2.05, 4.69) is 40.3 Å². The second-order valence-corrected chi connectivity index (χ2v) is 15.2. The first-order valence-corrected chi connectivity index (χ1v) is 17.3. The number of hydrogen-bond acceptors (Lipinski definition) is 15. The first-order valence-electron chi connectivity index (χ1n) is 8.33. The van der Waals surface area contributed by atoms with Crippen LogP contribution >= 0.6 is 46.9 Å². The van der Waals surface area contributed by atoms with Gasteiger partial charge in [0.05, 0.1) is 0 Å². The summed E-state index contributed by atoms with van der Waals surface area (Å²) in [6.45, 7) is 0. The molecule has 1 aliphatic carbocycles. The van der Waals surface area contributed by atoms with Crippen LogP contribution in [0.5, 0.6) is 0 Å². The van der Waals surface area contributed by atoms with Gasteiger partial charge in [0, 0.05) is 7.11 Å². The molecule has 3 fully saturated rings. The molecular weight excluding hydrogens is 622 g/mol. The molecule has 3 rings (SSSR count). The zero-order valence-corrected chi connectivity index (χ0v) is 21.8. The van der Waals surface area contributed by atoms with E-state index >= 15 is 0 Å². The Morgan fingerprint density at radius 2 is 0.943 bits per heavy atom. The van der Waals surface area contributed by atoms with Gasteiger partial charge in [-0.3, -0.25) is 31.7 Å². The van der Waals surface area contributed by atoms with Crippen LogP contribution in [0, 0.1) is 0 Å². The van der Waals surface area contributed by atoms with Crippen molar-refractivity contribution in [2.45, 2.75) is 36.6 Å². The molecule has 206 valence electrons. The van der Waals surface area contributed by atoms with Crippen molar-refractivity contribution in [3.63, 3.8) is 0 Å². The minimum absolute atomic E-state index is 0.595. The van der Waals surface area contributed by atoms with Crippen LogP contribution in [0.4, 0.5) is 0 Å². The van der Waals surface area contributed by atoms with Crippen molar-refractivity contribution in [1.82, 2.24) is 0 Å². The quantitative estimate of drug-likeness (QED) is 0.189. The standard InChI is InChI=1S/C7H16O22P6/c1-21-31(11,12)23-3-2(22-30(8,9)10)4-6(26-34(17,18)28-32(13,14)24-4)7-5(3)25-33(15,16)29-35(19,20)27-7/h2-7H,1H3,(H,11,12)(H,13,14)(H,15,16)(H,17,18)(H,19,20)(H2,8,9,10). The van der Waals surface area contributed by atoms with Gasteiger partial charge < -0.3 is 34.3 Å². The zero-order valence-electron chi connectivity index (χ0n) is 16.4.